The Labute approximate surface area is 191 Å². The van der Waals surface area contributed by atoms with Crippen LogP contribution in [-0.4, -0.2) is 23.4 Å². The molecule has 5 saturated carbocycles. The number of fused-ring (bicyclic) bond motifs is 7. The van der Waals surface area contributed by atoms with E-state index in [0.29, 0.717) is 28.8 Å². The molecule has 10 atom stereocenters. The summed E-state index contributed by atoms with van der Waals surface area (Å²) < 4.78 is 5.80. The molecule has 6 rings (SSSR count). The Morgan fingerprint density at radius 1 is 0.710 bits per heavy atom. The third-order valence-electron chi connectivity index (χ3n) is 13.8. The minimum absolute atomic E-state index is 0.0447. The van der Waals surface area contributed by atoms with Crippen LogP contribution in [-0.2, 0) is 4.74 Å². The fraction of sp³-hybridized carbons (Fsp3) is 1.00. The Morgan fingerprint density at radius 2 is 1.39 bits per heavy atom. The van der Waals surface area contributed by atoms with Crippen molar-refractivity contribution in [2.45, 2.75) is 124 Å². The summed E-state index contributed by atoms with van der Waals surface area (Å²) >= 11 is 0. The van der Waals surface area contributed by atoms with Crippen molar-refractivity contribution in [2.75, 3.05) is 6.61 Å². The summed E-state index contributed by atoms with van der Waals surface area (Å²) in [5, 5.41) is 12.8. The number of hydrogen-bond acceptors (Lipinski definition) is 2. The Hall–Kier alpha value is -0.0800. The smallest absolute Gasteiger partial charge is 0.0840 e. The van der Waals surface area contributed by atoms with Gasteiger partial charge in [-0.2, -0.15) is 0 Å². The fourth-order valence-electron chi connectivity index (χ4n) is 12.0. The number of rotatable bonds is 1. The predicted molar refractivity (Wildman–Crippen MR) is 126 cm³/mol. The third-order valence-corrected chi connectivity index (χ3v) is 13.8. The molecule has 0 spiro atoms. The first-order valence-electron chi connectivity index (χ1n) is 13.8. The van der Waals surface area contributed by atoms with E-state index in [1.165, 1.54) is 64.2 Å². The van der Waals surface area contributed by atoms with E-state index in [-0.39, 0.29) is 16.2 Å². The molecule has 1 heterocycles. The molecule has 0 aromatic rings. The first-order valence-corrected chi connectivity index (χ1v) is 13.8. The van der Waals surface area contributed by atoms with Gasteiger partial charge in [0.25, 0.3) is 0 Å². The van der Waals surface area contributed by atoms with Gasteiger partial charge in [-0.25, -0.2) is 0 Å². The minimum Gasteiger partial charge on any atom is -0.389 e. The maximum Gasteiger partial charge on any atom is 0.0840 e. The van der Waals surface area contributed by atoms with Crippen LogP contribution in [0.15, 0.2) is 0 Å². The molecule has 1 aliphatic heterocycles. The van der Waals surface area contributed by atoms with E-state index in [1.54, 1.807) is 0 Å². The summed E-state index contributed by atoms with van der Waals surface area (Å²) in [7, 11) is 0. The summed E-state index contributed by atoms with van der Waals surface area (Å²) in [5.74, 6) is 3.00. The molecule has 6 fully saturated rings. The van der Waals surface area contributed by atoms with Crippen LogP contribution in [0.2, 0.25) is 0 Å². The molecule has 0 unspecified atom stereocenters. The normalized spacial score (nSPS) is 62.2. The van der Waals surface area contributed by atoms with Crippen molar-refractivity contribution in [3.63, 3.8) is 0 Å². The summed E-state index contributed by atoms with van der Waals surface area (Å²) in [6.45, 7) is 16.5. The van der Waals surface area contributed by atoms with Gasteiger partial charge < -0.3 is 9.84 Å². The van der Waals surface area contributed by atoms with Gasteiger partial charge in [0.15, 0.2) is 0 Å². The van der Waals surface area contributed by atoms with E-state index in [9.17, 15) is 5.11 Å². The molecule has 176 valence electrons. The second-order valence-electron chi connectivity index (χ2n) is 14.8. The van der Waals surface area contributed by atoms with Gasteiger partial charge in [0.05, 0.1) is 18.3 Å². The lowest BCUT2D eigenvalue weighted by atomic mass is 9.30. The second kappa shape index (κ2) is 6.12. The first kappa shape index (κ1) is 21.5. The van der Waals surface area contributed by atoms with Crippen LogP contribution in [0.25, 0.3) is 0 Å². The highest BCUT2D eigenvalue weighted by atomic mass is 16.6. The molecule has 0 aromatic heterocycles. The molecule has 2 heteroatoms. The zero-order valence-electron chi connectivity index (χ0n) is 21.2. The molecule has 31 heavy (non-hydrogen) atoms. The van der Waals surface area contributed by atoms with Crippen LogP contribution in [0.3, 0.4) is 0 Å². The number of aliphatic hydroxyl groups is 1. The van der Waals surface area contributed by atoms with Gasteiger partial charge in [-0.05, 0) is 104 Å². The van der Waals surface area contributed by atoms with Crippen LogP contribution < -0.4 is 0 Å². The van der Waals surface area contributed by atoms with E-state index in [1.807, 2.05) is 0 Å². The van der Waals surface area contributed by atoms with Crippen molar-refractivity contribution in [3.8, 4) is 0 Å². The summed E-state index contributed by atoms with van der Waals surface area (Å²) in [6, 6.07) is 0. The average Bonchev–Trinajstić information content (AvgIpc) is 3.46. The van der Waals surface area contributed by atoms with Gasteiger partial charge in [0.1, 0.15) is 0 Å². The predicted octanol–water partition coefficient (Wildman–Crippen LogP) is 6.99. The number of ether oxygens (including phenoxy) is 1. The third kappa shape index (κ3) is 2.34. The molecule has 2 nitrogen and oxygen atoms in total. The van der Waals surface area contributed by atoms with Crippen LogP contribution >= 0.6 is 0 Å². The average molecular weight is 429 g/mol. The molecule has 0 amide bonds. The van der Waals surface area contributed by atoms with Crippen molar-refractivity contribution in [1.82, 2.24) is 0 Å². The summed E-state index contributed by atoms with van der Waals surface area (Å²) in [5.41, 5.74) is 0.815. The van der Waals surface area contributed by atoms with E-state index in [0.717, 1.165) is 24.9 Å². The van der Waals surface area contributed by atoms with Gasteiger partial charge in [-0.15, -0.1) is 0 Å². The number of hydrogen-bond donors (Lipinski definition) is 1. The molecule has 6 aliphatic rings. The summed E-state index contributed by atoms with van der Waals surface area (Å²) in [4.78, 5) is 0. The molecule has 5 aliphatic carbocycles. The Kier molecular flexibility index (Phi) is 4.24. The standard InChI is InChI=1S/C29H48O2/c1-24(2)12-7-13-25(3)22(24)10-15-27(5)23(25)11-17-29(30)26(4)14-8-19(21-18-31-21)20(26)9-16-28(27,29)6/h19-23,30H,7-18H2,1-6H3/t19-,20-,21-,22+,23+,25-,26-,27+,28-,29-/m0/s1. The highest BCUT2D eigenvalue weighted by Crippen LogP contribution is 2.79. The lowest BCUT2D eigenvalue weighted by Crippen LogP contribution is -2.73. The Morgan fingerprint density at radius 3 is 2.10 bits per heavy atom. The highest BCUT2D eigenvalue weighted by molar-refractivity contribution is 5.25. The van der Waals surface area contributed by atoms with Gasteiger partial charge in [0.2, 0.25) is 0 Å². The quantitative estimate of drug-likeness (QED) is 0.456. The fourth-order valence-corrected chi connectivity index (χ4v) is 12.0. The van der Waals surface area contributed by atoms with Crippen LogP contribution in [0.4, 0.5) is 0 Å². The minimum atomic E-state index is -0.509. The largest absolute Gasteiger partial charge is 0.389 e. The SMILES string of the molecule is CC1(C)CCC[C@@]2(C)[C@@H]1CC[C@]1(C)[C@@H]2CC[C@@]2(O)[C@@]1(C)CC[C@H]1[C@@H]([C@@H]3CO3)CC[C@@]12C. The topological polar surface area (TPSA) is 32.8 Å². The lowest BCUT2D eigenvalue weighted by molar-refractivity contribution is -0.312. The van der Waals surface area contributed by atoms with Crippen molar-refractivity contribution < 1.29 is 9.84 Å². The van der Waals surface area contributed by atoms with Crippen LogP contribution in [0.5, 0.6) is 0 Å². The van der Waals surface area contributed by atoms with E-state index in [4.69, 9.17) is 4.74 Å². The second-order valence-corrected chi connectivity index (χ2v) is 14.8. The lowest BCUT2D eigenvalue weighted by Gasteiger charge is -2.75. The summed E-state index contributed by atoms with van der Waals surface area (Å²) in [6.07, 6.45) is 14.7. The molecule has 1 saturated heterocycles. The van der Waals surface area contributed by atoms with Gasteiger partial charge in [-0.3, -0.25) is 0 Å². The van der Waals surface area contributed by atoms with Crippen LogP contribution in [0.1, 0.15) is 112 Å². The number of epoxide rings is 1. The zero-order chi connectivity index (χ0) is 22.1. The Balaban J connectivity index is 1.41. The van der Waals surface area contributed by atoms with Gasteiger partial charge in [0, 0.05) is 10.8 Å². The monoisotopic (exact) mass is 428 g/mol. The van der Waals surface area contributed by atoms with Crippen molar-refractivity contribution in [2.24, 2.45) is 50.7 Å². The van der Waals surface area contributed by atoms with E-state index < -0.39 is 5.60 Å². The van der Waals surface area contributed by atoms with Crippen molar-refractivity contribution in [3.05, 3.63) is 0 Å². The maximum atomic E-state index is 12.8. The molecular formula is C29H48O2. The van der Waals surface area contributed by atoms with Gasteiger partial charge >= 0.3 is 0 Å². The Bertz CT molecular complexity index is 771. The maximum absolute atomic E-state index is 12.8. The highest BCUT2D eigenvalue weighted by Gasteiger charge is 2.76. The molecule has 0 bridgehead atoms. The molecular weight excluding hydrogens is 380 g/mol. The first-order chi connectivity index (χ1) is 14.4. The van der Waals surface area contributed by atoms with Crippen molar-refractivity contribution >= 4 is 0 Å². The van der Waals surface area contributed by atoms with Gasteiger partial charge in [-0.1, -0.05) is 48.0 Å². The van der Waals surface area contributed by atoms with E-state index in [2.05, 4.69) is 41.5 Å². The van der Waals surface area contributed by atoms with Crippen LogP contribution in [0, 0.1) is 50.7 Å². The van der Waals surface area contributed by atoms with Crippen molar-refractivity contribution in [1.29, 1.82) is 0 Å². The molecule has 0 radical (unpaired) electrons. The molecule has 1 N–H and O–H groups in total. The molecule has 0 aromatic carbocycles. The zero-order valence-corrected chi connectivity index (χ0v) is 21.2. The van der Waals surface area contributed by atoms with E-state index >= 15 is 0 Å².